The standard InChI is InChI=1S/C20H20N2O2/c1-14-7-9-16(10-8-14)19(23)21-11-12-22-18-6-4-3-5-17(18)13-15(2)20(22)24/h3-10,13H,11-12H2,1-2H3,(H,21,23). The molecule has 4 nitrogen and oxygen atoms in total. The van der Waals surface area contributed by atoms with E-state index in [9.17, 15) is 9.59 Å². The van der Waals surface area contributed by atoms with Gasteiger partial charge in [0.1, 0.15) is 0 Å². The highest BCUT2D eigenvalue weighted by Crippen LogP contribution is 2.12. The molecule has 1 heterocycles. The molecule has 3 aromatic rings. The zero-order valence-electron chi connectivity index (χ0n) is 13.9. The van der Waals surface area contributed by atoms with Gasteiger partial charge in [0, 0.05) is 24.2 Å². The predicted octanol–water partition coefficient (Wildman–Crippen LogP) is 3.05. The number of carbonyl (C=O) groups excluding carboxylic acids is 1. The van der Waals surface area contributed by atoms with Crippen molar-refractivity contribution in [2.45, 2.75) is 20.4 Å². The van der Waals surface area contributed by atoms with Crippen LogP contribution in [0.2, 0.25) is 0 Å². The molecule has 0 aliphatic carbocycles. The van der Waals surface area contributed by atoms with E-state index >= 15 is 0 Å². The molecular formula is C20H20N2O2. The second-order valence-electron chi connectivity index (χ2n) is 5.96. The first-order valence-corrected chi connectivity index (χ1v) is 8.00. The van der Waals surface area contributed by atoms with E-state index in [0.717, 1.165) is 16.5 Å². The van der Waals surface area contributed by atoms with Crippen LogP contribution in [-0.4, -0.2) is 17.0 Å². The molecule has 0 spiro atoms. The van der Waals surface area contributed by atoms with Crippen LogP contribution in [0.5, 0.6) is 0 Å². The van der Waals surface area contributed by atoms with E-state index < -0.39 is 0 Å². The van der Waals surface area contributed by atoms with Crippen LogP contribution >= 0.6 is 0 Å². The van der Waals surface area contributed by atoms with Crippen LogP contribution in [0.25, 0.3) is 10.9 Å². The van der Waals surface area contributed by atoms with E-state index in [2.05, 4.69) is 5.32 Å². The number of amides is 1. The molecule has 0 saturated carbocycles. The lowest BCUT2D eigenvalue weighted by Gasteiger charge is -2.12. The zero-order valence-corrected chi connectivity index (χ0v) is 13.9. The summed E-state index contributed by atoms with van der Waals surface area (Å²) < 4.78 is 1.72. The number of pyridine rings is 1. The largest absolute Gasteiger partial charge is 0.350 e. The van der Waals surface area contributed by atoms with Crippen LogP contribution in [0.1, 0.15) is 21.5 Å². The van der Waals surface area contributed by atoms with Crippen molar-refractivity contribution in [3.63, 3.8) is 0 Å². The van der Waals surface area contributed by atoms with Crippen LogP contribution in [0.4, 0.5) is 0 Å². The highest BCUT2D eigenvalue weighted by molar-refractivity contribution is 5.94. The Bertz CT molecular complexity index is 940. The van der Waals surface area contributed by atoms with Gasteiger partial charge in [-0.15, -0.1) is 0 Å². The van der Waals surface area contributed by atoms with Gasteiger partial charge in [0.25, 0.3) is 11.5 Å². The highest BCUT2D eigenvalue weighted by atomic mass is 16.1. The monoisotopic (exact) mass is 320 g/mol. The van der Waals surface area contributed by atoms with Crippen molar-refractivity contribution in [3.8, 4) is 0 Å². The molecule has 1 aromatic heterocycles. The van der Waals surface area contributed by atoms with Gasteiger partial charge in [0.05, 0.1) is 5.52 Å². The fourth-order valence-electron chi connectivity index (χ4n) is 2.78. The van der Waals surface area contributed by atoms with Crippen molar-refractivity contribution in [1.29, 1.82) is 0 Å². The van der Waals surface area contributed by atoms with Gasteiger partial charge in [-0.2, -0.15) is 0 Å². The van der Waals surface area contributed by atoms with Gasteiger partial charge in [0.2, 0.25) is 0 Å². The number of carbonyl (C=O) groups is 1. The number of fused-ring (bicyclic) bond motifs is 1. The molecule has 24 heavy (non-hydrogen) atoms. The molecule has 1 N–H and O–H groups in total. The van der Waals surface area contributed by atoms with Crippen molar-refractivity contribution in [2.75, 3.05) is 6.54 Å². The van der Waals surface area contributed by atoms with Gasteiger partial charge in [-0.3, -0.25) is 9.59 Å². The number of benzene rings is 2. The van der Waals surface area contributed by atoms with Crippen molar-refractivity contribution in [1.82, 2.24) is 9.88 Å². The zero-order chi connectivity index (χ0) is 17.1. The quantitative estimate of drug-likeness (QED) is 0.803. The minimum absolute atomic E-state index is 0.0155. The number of para-hydroxylation sites is 1. The summed E-state index contributed by atoms with van der Waals surface area (Å²) in [5, 5.41) is 3.91. The fraction of sp³-hybridized carbons (Fsp3) is 0.200. The number of nitrogens with zero attached hydrogens (tertiary/aromatic N) is 1. The first-order valence-electron chi connectivity index (χ1n) is 8.00. The second-order valence-corrected chi connectivity index (χ2v) is 5.96. The lowest BCUT2D eigenvalue weighted by molar-refractivity contribution is 0.0952. The summed E-state index contributed by atoms with van der Waals surface area (Å²) in [6.07, 6.45) is 0. The molecule has 0 fully saturated rings. The number of hydrogen-bond donors (Lipinski definition) is 1. The van der Waals surface area contributed by atoms with Crippen LogP contribution in [0, 0.1) is 13.8 Å². The Morgan fingerprint density at radius 1 is 1.04 bits per heavy atom. The van der Waals surface area contributed by atoms with E-state index in [1.54, 1.807) is 16.7 Å². The van der Waals surface area contributed by atoms with Crippen LogP contribution in [-0.2, 0) is 6.54 Å². The van der Waals surface area contributed by atoms with Crippen molar-refractivity contribution in [3.05, 3.63) is 81.6 Å². The second kappa shape index (κ2) is 6.71. The molecule has 0 unspecified atom stereocenters. The Morgan fingerprint density at radius 3 is 2.50 bits per heavy atom. The molecule has 4 heteroatoms. The van der Waals surface area contributed by atoms with E-state index in [1.165, 1.54) is 0 Å². The smallest absolute Gasteiger partial charge is 0.254 e. The molecule has 122 valence electrons. The first-order chi connectivity index (χ1) is 11.6. The predicted molar refractivity (Wildman–Crippen MR) is 96.5 cm³/mol. The Hall–Kier alpha value is -2.88. The summed E-state index contributed by atoms with van der Waals surface area (Å²) in [5.41, 5.74) is 3.32. The maximum atomic E-state index is 12.4. The summed E-state index contributed by atoms with van der Waals surface area (Å²) in [4.78, 5) is 24.6. The average Bonchev–Trinajstić information content (AvgIpc) is 2.58. The van der Waals surface area contributed by atoms with E-state index in [4.69, 9.17) is 0 Å². The third-order valence-corrected chi connectivity index (χ3v) is 4.12. The number of aryl methyl sites for hydroxylation is 2. The molecule has 0 atom stereocenters. The Labute approximate surface area is 140 Å². The highest BCUT2D eigenvalue weighted by Gasteiger charge is 2.08. The molecular weight excluding hydrogens is 300 g/mol. The normalized spacial score (nSPS) is 10.8. The molecule has 0 saturated heterocycles. The number of hydrogen-bond acceptors (Lipinski definition) is 2. The van der Waals surface area contributed by atoms with E-state index in [0.29, 0.717) is 24.2 Å². The van der Waals surface area contributed by atoms with Crippen LogP contribution < -0.4 is 10.9 Å². The minimum atomic E-state index is -0.125. The van der Waals surface area contributed by atoms with Gasteiger partial charge >= 0.3 is 0 Å². The minimum Gasteiger partial charge on any atom is -0.350 e. The summed E-state index contributed by atoms with van der Waals surface area (Å²) >= 11 is 0. The van der Waals surface area contributed by atoms with E-state index in [1.807, 2.05) is 56.3 Å². The lowest BCUT2D eigenvalue weighted by atomic mass is 10.1. The Morgan fingerprint density at radius 2 is 1.75 bits per heavy atom. The SMILES string of the molecule is Cc1ccc(C(=O)NCCn2c(=O)c(C)cc3ccccc32)cc1. The van der Waals surface area contributed by atoms with E-state index in [-0.39, 0.29) is 11.5 Å². The molecule has 0 radical (unpaired) electrons. The van der Waals surface area contributed by atoms with Crippen LogP contribution in [0.15, 0.2) is 59.4 Å². The molecule has 0 aliphatic heterocycles. The number of rotatable bonds is 4. The molecule has 0 bridgehead atoms. The molecule has 0 aliphatic rings. The average molecular weight is 320 g/mol. The maximum Gasteiger partial charge on any atom is 0.254 e. The number of aromatic nitrogens is 1. The molecule has 2 aromatic carbocycles. The first kappa shape index (κ1) is 16.0. The topological polar surface area (TPSA) is 51.1 Å². The van der Waals surface area contributed by atoms with Gasteiger partial charge in [-0.1, -0.05) is 35.9 Å². The number of nitrogens with one attached hydrogen (secondary N) is 1. The van der Waals surface area contributed by atoms with Crippen molar-refractivity contribution in [2.24, 2.45) is 0 Å². The van der Waals surface area contributed by atoms with Gasteiger partial charge in [-0.05, 0) is 43.5 Å². The fourth-order valence-corrected chi connectivity index (χ4v) is 2.78. The summed E-state index contributed by atoms with van der Waals surface area (Å²) in [7, 11) is 0. The third-order valence-electron chi connectivity index (χ3n) is 4.12. The molecule has 1 amide bonds. The van der Waals surface area contributed by atoms with Crippen molar-refractivity contribution >= 4 is 16.8 Å². The van der Waals surface area contributed by atoms with Crippen molar-refractivity contribution < 1.29 is 4.79 Å². The lowest BCUT2D eigenvalue weighted by Crippen LogP contribution is -2.31. The van der Waals surface area contributed by atoms with Gasteiger partial charge in [-0.25, -0.2) is 0 Å². The van der Waals surface area contributed by atoms with Gasteiger partial charge in [0.15, 0.2) is 0 Å². The third kappa shape index (κ3) is 3.23. The summed E-state index contributed by atoms with van der Waals surface area (Å²) in [6, 6.07) is 17.1. The summed E-state index contributed by atoms with van der Waals surface area (Å²) in [5.74, 6) is -0.125. The van der Waals surface area contributed by atoms with Gasteiger partial charge < -0.3 is 9.88 Å². The Kier molecular flexibility index (Phi) is 4.47. The Balaban J connectivity index is 1.76. The summed E-state index contributed by atoms with van der Waals surface area (Å²) in [6.45, 7) is 4.64. The van der Waals surface area contributed by atoms with Crippen LogP contribution in [0.3, 0.4) is 0 Å². The maximum absolute atomic E-state index is 12.4. The molecule has 3 rings (SSSR count).